The van der Waals surface area contributed by atoms with Gasteiger partial charge in [0.25, 0.3) is 0 Å². The van der Waals surface area contributed by atoms with E-state index in [0.717, 1.165) is 17.3 Å². The second-order valence-corrected chi connectivity index (χ2v) is 5.76. The van der Waals surface area contributed by atoms with Gasteiger partial charge < -0.3 is 10.0 Å². The van der Waals surface area contributed by atoms with Gasteiger partial charge in [0, 0.05) is 12.4 Å². The number of anilines is 1. The maximum Gasteiger partial charge on any atom is 0.323 e. The van der Waals surface area contributed by atoms with Crippen LogP contribution in [0.15, 0.2) is 30.3 Å². The Morgan fingerprint density at radius 2 is 2.00 bits per heavy atom. The van der Waals surface area contributed by atoms with E-state index >= 15 is 0 Å². The summed E-state index contributed by atoms with van der Waals surface area (Å²) >= 11 is 0. The average Bonchev–Trinajstić information content (AvgIpc) is 2.50. The van der Waals surface area contributed by atoms with Crippen molar-refractivity contribution < 1.29 is 9.90 Å². The molecule has 2 aromatic rings. The van der Waals surface area contributed by atoms with Gasteiger partial charge in [0.2, 0.25) is 0 Å². The van der Waals surface area contributed by atoms with Crippen LogP contribution in [0.5, 0.6) is 0 Å². The van der Waals surface area contributed by atoms with Crippen LogP contribution in [0.25, 0.3) is 10.9 Å². The predicted molar refractivity (Wildman–Crippen MR) is 90.5 cm³/mol. The first-order chi connectivity index (χ1) is 10.6. The molecule has 1 aromatic heterocycles. The minimum absolute atomic E-state index is 0.0476. The van der Waals surface area contributed by atoms with E-state index in [0.29, 0.717) is 5.82 Å². The molecule has 0 spiro atoms. The Hall–Kier alpha value is -2.10. The highest BCUT2D eigenvalue weighted by Gasteiger charge is 2.08. The van der Waals surface area contributed by atoms with Crippen molar-refractivity contribution in [2.45, 2.75) is 39.0 Å². The third-order valence-corrected chi connectivity index (χ3v) is 3.82. The van der Waals surface area contributed by atoms with Crippen LogP contribution in [0.1, 0.15) is 38.2 Å². The summed E-state index contributed by atoms with van der Waals surface area (Å²) in [5.41, 5.74) is 2.25. The third-order valence-electron chi connectivity index (χ3n) is 3.82. The summed E-state index contributed by atoms with van der Waals surface area (Å²) in [6.45, 7) is 2.18. The predicted octanol–water partition coefficient (Wildman–Crippen LogP) is 3.88. The number of aliphatic carboxylic acids is 1. The first-order valence-electron chi connectivity index (χ1n) is 7.92. The minimum atomic E-state index is -0.855. The van der Waals surface area contributed by atoms with Crippen LogP contribution >= 0.6 is 0 Å². The number of aromatic nitrogens is 1. The number of pyridine rings is 1. The zero-order valence-electron chi connectivity index (χ0n) is 13.4. The fourth-order valence-electron chi connectivity index (χ4n) is 2.57. The fourth-order valence-corrected chi connectivity index (χ4v) is 2.57. The molecular formula is C18H24N2O2. The number of unbranched alkanes of at least 4 members (excludes halogenated alkanes) is 3. The van der Waals surface area contributed by atoms with E-state index in [1.54, 1.807) is 11.9 Å². The summed E-state index contributed by atoms with van der Waals surface area (Å²) in [7, 11) is 1.74. The van der Waals surface area contributed by atoms with Crippen molar-refractivity contribution in [1.82, 2.24) is 4.98 Å². The van der Waals surface area contributed by atoms with Gasteiger partial charge in [0.15, 0.2) is 0 Å². The summed E-state index contributed by atoms with van der Waals surface area (Å²) < 4.78 is 0. The van der Waals surface area contributed by atoms with Crippen LogP contribution in [0.3, 0.4) is 0 Å². The van der Waals surface area contributed by atoms with Crippen LogP contribution in [0.2, 0.25) is 0 Å². The number of carboxylic acid groups (broad SMARTS) is 1. The number of rotatable bonds is 8. The average molecular weight is 300 g/mol. The number of hydrogen-bond acceptors (Lipinski definition) is 3. The zero-order valence-corrected chi connectivity index (χ0v) is 13.4. The third kappa shape index (κ3) is 4.45. The maximum atomic E-state index is 10.8. The molecule has 118 valence electrons. The molecule has 0 radical (unpaired) electrons. The number of aryl methyl sites for hydroxylation is 1. The molecule has 1 N–H and O–H groups in total. The van der Waals surface area contributed by atoms with Gasteiger partial charge in [-0.3, -0.25) is 4.79 Å². The van der Waals surface area contributed by atoms with Crippen molar-refractivity contribution in [3.05, 3.63) is 35.9 Å². The molecule has 1 heterocycles. The van der Waals surface area contributed by atoms with Gasteiger partial charge in [0.1, 0.15) is 12.4 Å². The molecule has 4 heteroatoms. The van der Waals surface area contributed by atoms with Crippen molar-refractivity contribution in [3.8, 4) is 0 Å². The summed E-state index contributed by atoms with van der Waals surface area (Å²) in [5, 5.41) is 9.96. The van der Waals surface area contributed by atoms with Crippen molar-refractivity contribution in [1.29, 1.82) is 0 Å². The molecule has 22 heavy (non-hydrogen) atoms. The van der Waals surface area contributed by atoms with E-state index in [1.807, 2.05) is 18.2 Å². The minimum Gasteiger partial charge on any atom is -0.480 e. The molecule has 0 atom stereocenters. The summed E-state index contributed by atoms with van der Waals surface area (Å²) in [4.78, 5) is 16.9. The van der Waals surface area contributed by atoms with E-state index < -0.39 is 5.97 Å². The van der Waals surface area contributed by atoms with E-state index in [1.165, 1.54) is 31.2 Å². The molecule has 0 bridgehead atoms. The lowest BCUT2D eigenvalue weighted by atomic mass is 10.0. The molecule has 0 saturated carbocycles. The molecular weight excluding hydrogens is 276 g/mol. The normalized spacial score (nSPS) is 10.8. The number of nitrogens with zero attached hydrogens (tertiary/aromatic N) is 2. The SMILES string of the molecule is CCCCCCc1ccc2nc(N(C)CC(=O)O)ccc2c1. The number of fused-ring (bicyclic) bond motifs is 1. The van der Waals surface area contributed by atoms with Gasteiger partial charge in [-0.05, 0) is 42.7 Å². The lowest BCUT2D eigenvalue weighted by molar-refractivity contribution is -0.135. The number of carbonyl (C=O) groups is 1. The maximum absolute atomic E-state index is 10.8. The Bertz CT molecular complexity index is 640. The van der Waals surface area contributed by atoms with Crippen LogP contribution in [0, 0.1) is 0 Å². The highest BCUT2D eigenvalue weighted by Crippen LogP contribution is 2.20. The summed E-state index contributed by atoms with van der Waals surface area (Å²) in [6.07, 6.45) is 6.18. The Morgan fingerprint density at radius 3 is 2.73 bits per heavy atom. The standard InChI is InChI=1S/C18H24N2O2/c1-3-4-5-6-7-14-8-10-16-15(12-14)9-11-17(19-16)20(2)13-18(21)22/h8-12H,3-7,13H2,1-2H3,(H,21,22). The van der Waals surface area contributed by atoms with E-state index in [9.17, 15) is 4.79 Å². The Morgan fingerprint density at radius 1 is 1.18 bits per heavy atom. The van der Waals surface area contributed by atoms with Crippen LogP contribution in [0.4, 0.5) is 5.82 Å². The number of carboxylic acids is 1. The highest BCUT2D eigenvalue weighted by atomic mass is 16.4. The Labute approximate surface area is 131 Å². The van der Waals surface area contributed by atoms with E-state index in [-0.39, 0.29) is 6.54 Å². The summed E-state index contributed by atoms with van der Waals surface area (Å²) in [6, 6.07) is 10.2. The molecule has 0 unspecified atom stereocenters. The molecule has 0 aliphatic carbocycles. The zero-order chi connectivity index (χ0) is 15.9. The van der Waals surface area contributed by atoms with Gasteiger partial charge >= 0.3 is 5.97 Å². The Balaban J connectivity index is 2.09. The first kappa shape index (κ1) is 16.3. The molecule has 0 aliphatic heterocycles. The quantitative estimate of drug-likeness (QED) is 0.752. The van der Waals surface area contributed by atoms with Crippen molar-refractivity contribution in [3.63, 3.8) is 0 Å². The molecule has 0 saturated heterocycles. The van der Waals surface area contributed by atoms with Crippen LogP contribution < -0.4 is 4.90 Å². The van der Waals surface area contributed by atoms with Gasteiger partial charge in [-0.25, -0.2) is 4.98 Å². The van der Waals surface area contributed by atoms with Gasteiger partial charge in [-0.1, -0.05) is 32.3 Å². The highest BCUT2D eigenvalue weighted by molar-refractivity contribution is 5.82. The second-order valence-electron chi connectivity index (χ2n) is 5.76. The lowest BCUT2D eigenvalue weighted by Gasteiger charge is -2.16. The lowest BCUT2D eigenvalue weighted by Crippen LogP contribution is -2.25. The van der Waals surface area contributed by atoms with Gasteiger partial charge in [0.05, 0.1) is 5.52 Å². The topological polar surface area (TPSA) is 53.4 Å². The Kier molecular flexibility index (Phi) is 5.75. The number of likely N-dealkylation sites (N-methyl/N-ethyl adjacent to an activating group) is 1. The summed E-state index contributed by atoms with van der Waals surface area (Å²) in [5.74, 6) is -0.169. The molecule has 2 rings (SSSR count). The van der Waals surface area contributed by atoms with Crippen molar-refractivity contribution in [2.24, 2.45) is 0 Å². The fraction of sp³-hybridized carbons (Fsp3) is 0.444. The molecule has 4 nitrogen and oxygen atoms in total. The largest absolute Gasteiger partial charge is 0.480 e. The first-order valence-corrected chi connectivity index (χ1v) is 7.92. The van der Waals surface area contributed by atoms with E-state index in [2.05, 4.69) is 24.0 Å². The monoisotopic (exact) mass is 300 g/mol. The number of hydrogen-bond donors (Lipinski definition) is 1. The van der Waals surface area contributed by atoms with Crippen molar-refractivity contribution >= 4 is 22.7 Å². The van der Waals surface area contributed by atoms with Crippen LogP contribution in [-0.2, 0) is 11.2 Å². The molecule has 0 aliphatic rings. The van der Waals surface area contributed by atoms with Gasteiger partial charge in [-0.2, -0.15) is 0 Å². The smallest absolute Gasteiger partial charge is 0.323 e. The van der Waals surface area contributed by atoms with E-state index in [4.69, 9.17) is 5.11 Å². The number of benzene rings is 1. The molecule has 0 fully saturated rings. The van der Waals surface area contributed by atoms with Crippen LogP contribution in [-0.4, -0.2) is 29.7 Å². The van der Waals surface area contributed by atoms with Gasteiger partial charge in [-0.15, -0.1) is 0 Å². The second kappa shape index (κ2) is 7.78. The molecule has 1 aromatic carbocycles. The van der Waals surface area contributed by atoms with Crippen molar-refractivity contribution in [2.75, 3.05) is 18.5 Å². The molecule has 0 amide bonds.